The van der Waals surface area contributed by atoms with Crippen molar-refractivity contribution >= 4 is 28.9 Å². The molecule has 5 nitrogen and oxygen atoms in total. The largest absolute Gasteiger partial charge is 0.332 e. The molecule has 2 heterocycles. The van der Waals surface area contributed by atoms with Gasteiger partial charge in [0, 0.05) is 18.3 Å². The van der Waals surface area contributed by atoms with Crippen molar-refractivity contribution in [1.82, 2.24) is 14.1 Å². The Balaban J connectivity index is 2.35. The molecular formula is C16H13ClFN3O2. The van der Waals surface area contributed by atoms with Crippen molar-refractivity contribution in [2.24, 2.45) is 0 Å². The second-order valence-corrected chi connectivity index (χ2v) is 5.43. The third-order valence-electron chi connectivity index (χ3n) is 3.69. The maximum absolute atomic E-state index is 13.8. The Hall–Kier alpha value is -2.47. The molecule has 0 bridgehead atoms. The molecule has 1 aromatic carbocycles. The van der Waals surface area contributed by atoms with E-state index in [0.717, 1.165) is 0 Å². The van der Waals surface area contributed by atoms with Crippen molar-refractivity contribution in [3.8, 4) is 11.1 Å². The van der Waals surface area contributed by atoms with Gasteiger partial charge in [-0.05, 0) is 24.6 Å². The summed E-state index contributed by atoms with van der Waals surface area (Å²) in [6, 6.07) is 4.38. The van der Waals surface area contributed by atoms with Crippen molar-refractivity contribution in [3.05, 3.63) is 51.9 Å². The molecule has 0 aliphatic heterocycles. The molecule has 0 amide bonds. The summed E-state index contributed by atoms with van der Waals surface area (Å²) >= 11 is 5.72. The minimum absolute atomic E-state index is 0.0180. The Morgan fingerprint density at radius 3 is 2.78 bits per heavy atom. The third kappa shape index (κ3) is 2.55. The Bertz CT molecular complexity index is 962. The molecule has 118 valence electrons. The first-order valence-corrected chi connectivity index (χ1v) is 7.42. The summed E-state index contributed by atoms with van der Waals surface area (Å²) < 4.78 is 16.8. The molecule has 0 saturated carbocycles. The van der Waals surface area contributed by atoms with Gasteiger partial charge in [-0.3, -0.25) is 9.36 Å². The number of rotatable bonds is 4. The van der Waals surface area contributed by atoms with E-state index in [0.29, 0.717) is 35.0 Å². The predicted octanol–water partition coefficient (Wildman–Crippen LogP) is 2.88. The van der Waals surface area contributed by atoms with E-state index in [-0.39, 0.29) is 17.1 Å². The summed E-state index contributed by atoms with van der Waals surface area (Å²) in [6.45, 7) is 2.45. The first-order valence-electron chi connectivity index (χ1n) is 7.04. The first-order chi connectivity index (χ1) is 11.1. The molecule has 0 spiro atoms. The van der Waals surface area contributed by atoms with Gasteiger partial charge in [0.05, 0.1) is 17.0 Å². The average molecular weight is 334 g/mol. The van der Waals surface area contributed by atoms with E-state index in [9.17, 15) is 14.0 Å². The lowest BCUT2D eigenvalue weighted by Gasteiger charge is -2.03. The molecular weight excluding hydrogens is 321 g/mol. The van der Waals surface area contributed by atoms with Crippen molar-refractivity contribution in [3.63, 3.8) is 0 Å². The lowest BCUT2D eigenvalue weighted by atomic mass is 10.1. The fourth-order valence-corrected chi connectivity index (χ4v) is 2.67. The molecule has 0 saturated heterocycles. The van der Waals surface area contributed by atoms with Crippen LogP contribution in [0.4, 0.5) is 4.39 Å². The number of hydrogen-bond acceptors (Lipinski definition) is 3. The molecule has 23 heavy (non-hydrogen) atoms. The van der Waals surface area contributed by atoms with Gasteiger partial charge in [-0.25, -0.2) is 9.37 Å². The second-order valence-electron chi connectivity index (χ2n) is 5.03. The molecule has 0 aliphatic carbocycles. The van der Waals surface area contributed by atoms with Gasteiger partial charge in [-0.2, -0.15) is 0 Å². The highest BCUT2D eigenvalue weighted by atomic mass is 35.5. The lowest BCUT2D eigenvalue weighted by Crippen LogP contribution is -2.21. The Labute approximate surface area is 135 Å². The van der Waals surface area contributed by atoms with Crippen LogP contribution in [0.25, 0.3) is 22.2 Å². The van der Waals surface area contributed by atoms with E-state index < -0.39 is 5.82 Å². The monoisotopic (exact) mass is 333 g/mol. The number of nitrogens with zero attached hydrogens (tertiary/aromatic N) is 3. The smallest absolute Gasteiger partial charge is 0.263 e. The van der Waals surface area contributed by atoms with Gasteiger partial charge in [0.2, 0.25) is 0 Å². The van der Waals surface area contributed by atoms with Gasteiger partial charge in [-0.1, -0.05) is 17.7 Å². The van der Waals surface area contributed by atoms with Crippen LogP contribution in [0.2, 0.25) is 5.02 Å². The second kappa shape index (κ2) is 5.96. The van der Waals surface area contributed by atoms with Crippen LogP contribution >= 0.6 is 11.6 Å². The van der Waals surface area contributed by atoms with Crippen LogP contribution in [-0.2, 0) is 17.9 Å². The number of hydrogen-bond donors (Lipinski definition) is 0. The molecule has 0 radical (unpaired) electrons. The highest BCUT2D eigenvalue weighted by molar-refractivity contribution is 6.30. The molecule has 0 N–H and O–H groups in total. The molecule has 0 fully saturated rings. The normalized spacial score (nSPS) is 11.1. The summed E-state index contributed by atoms with van der Waals surface area (Å²) in [5.41, 5.74) is 1.27. The van der Waals surface area contributed by atoms with E-state index in [4.69, 9.17) is 11.6 Å². The predicted molar refractivity (Wildman–Crippen MR) is 86.1 cm³/mol. The van der Waals surface area contributed by atoms with Gasteiger partial charge in [0.25, 0.3) is 5.56 Å². The molecule has 2 aromatic heterocycles. The zero-order valence-electron chi connectivity index (χ0n) is 12.3. The molecule has 3 aromatic rings. The van der Waals surface area contributed by atoms with Crippen molar-refractivity contribution in [2.45, 2.75) is 20.0 Å². The summed E-state index contributed by atoms with van der Waals surface area (Å²) in [5.74, 6) is -0.557. The Morgan fingerprint density at radius 1 is 1.35 bits per heavy atom. The number of aromatic nitrogens is 3. The number of fused-ring (bicyclic) bond motifs is 1. The number of aldehydes is 1. The third-order valence-corrected chi connectivity index (χ3v) is 3.99. The lowest BCUT2D eigenvalue weighted by molar-refractivity contribution is -0.108. The Morgan fingerprint density at radius 2 is 2.13 bits per heavy atom. The van der Waals surface area contributed by atoms with Gasteiger partial charge in [0.1, 0.15) is 24.1 Å². The average Bonchev–Trinajstić information content (AvgIpc) is 2.92. The highest BCUT2D eigenvalue weighted by Crippen LogP contribution is 2.29. The van der Waals surface area contributed by atoms with Crippen LogP contribution < -0.4 is 5.56 Å². The molecule has 0 aliphatic rings. The first kappa shape index (κ1) is 15.4. The van der Waals surface area contributed by atoms with Gasteiger partial charge in [0.15, 0.2) is 0 Å². The van der Waals surface area contributed by atoms with E-state index in [2.05, 4.69) is 4.98 Å². The summed E-state index contributed by atoms with van der Waals surface area (Å²) in [5, 5.41) is 0.377. The molecule has 0 unspecified atom stereocenters. The number of aryl methyl sites for hydroxylation is 1. The minimum Gasteiger partial charge on any atom is -0.332 e. The van der Waals surface area contributed by atoms with Crippen LogP contribution in [0.3, 0.4) is 0 Å². The SMILES string of the molecule is CCn1cc(-c2ccc(Cl)c(F)c2)c2c(=O)n(CC=O)cnc21. The van der Waals surface area contributed by atoms with E-state index in [1.165, 1.54) is 23.0 Å². The molecule has 7 heteroatoms. The van der Waals surface area contributed by atoms with Gasteiger partial charge in [-0.15, -0.1) is 0 Å². The number of carbonyl (C=O) groups is 1. The number of halogens is 2. The van der Waals surface area contributed by atoms with E-state index >= 15 is 0 Å². The molecule has 0 atom stereocenters. The topological polar surface area (TPSA) is 56.9 Å². The van der Waals surface area contributed by atoms with E-state index in [1.54, 1.807) is 12.3 Å². The fourth-order valence-electron chi connectivity index (χ4n) is 2.55. The summed E-state index contributed by atoms with van der Waals surface area (Å²) in [6.07, 6.45) is 3.73. The number of benzene rings is 1. The van der Waals surface area contributed by atoms with Crippen LogP contribution in [0, 0.1) is 5.82 Å². The van der Waals surface area contributed by atoms with Crippen LogP contribution in [-0.4, -0.2) is 20.4 Å². The standard InChI is InChI=1S/C16H13ClFN3O2/c1-2-20-8-11(10-3-4-12(17)13(18)7-10)14-15(20)19-9-21(5-6-22)16(14)23/h3-4,6-9H,2,5H2,1H3. The van der Waals surface area contributed by atoms with E-state index in [1.807, 2.05) is 11.5 Å². The van der Waals surface area contributed by atoms with Gasteiger partial charge >= 0.3 is 0 Å². The minimum atomic E-state index is -0.557. The van der Waals surface area contributed by atoms with Crippen LogP contribution in [0.15, 0.2) is 35.5 Å². The van der Waals surface area contributed by atoms with Crippen molar-refractivity contribution in [2.75, 3.05) is 0 Å². The van der Waals surface area contributed by atoms with Gasteiger partial charge < -0.3 is 9.36 Å². The highest BCUT2D eigenvalue weighted by Gasteiger charge is 2.16. The van der Waals surface area contributed by atoms with Crippen molar-refractivity contribution < 1.29 is 9.18 Å². The van der Waals surface area contributed by atoms with Crippen molar-refractivity contribution in [1.29, 1.82) is 0 Å². The maximum atomic E-state index is 13.8. The Kier molecular flexibility index (Phi) is 4.00. The number of carbonyl (C=O) groups excluding carboxylic acids is 1. The quantitative estimate of drug-likeness (QED) is 0.690. The van der Waals surface area contributed by atoms with Crippen LogP contribution in [0.1, 0.15) is 6.92 Å². The summed E-state index contributed by atoms with van der Waals surface area (Å²) in [4.78, 5) is 27.6. The van der Waals surface area contributed by atoms with Crippen LogP contribution in [0.5, 0.6) is 0 Å². The maximum Gasteiger partial charge on any atom is 0.263 e. The zero-order valence-corrected chi connectivity index (χ0v) is 13.0. The summed E-state index contributed by atoms with van der Waals surface area (Å²) in [7, 11) is 0. The zero-order chi connectivity index (χ0) is 16.6. The fraction of sp³-hybridized carbons (Fsp3) is 0.188. The molecule has 3 rings (SSSR count).